The minimum absolute atomic E-state index is 0.0631. The van der Waals surface area contributed by atoms with Crippen LogP contribution in [0.5, 0.6) is 0 Å². The number of hydrogen-bond acceptors (Lipinski definition) is 12. The van der Waals surface area contributed by atoms with Crippen LogP contribution in [0.25, 0.3) is 54.2 Å². The Balaban J connectivity index is 1.38. The highest BCUT2D eigenvalue weighted by Crippen LogP contribution is 2.33. The van der Waals surface area contributed by atoms with Gasteiger partial charge in [0.2, 0.25) is 0 Å². The van der Waals surface area contributed by atoms with Crippen molar-refractivity contribution < 1.29 is 4.42 Å². The summed E-state index contributed by atoms with van der Waals surface area (Å²) in [7, 11) is 0. The minimum Gasteiger partial charge on any atom is -0.456 e. The van der Waals surface area contributed by atoms with Crippen molar-refractivity contribution in [1.82, 2.24) is 15.0 Å². The smallest absolute Gasteiger partial charge is 0.196 e. The zero-order valence-electron chi connectivity index (χ0n) is 25.6. The van der Waals surface area contributed by atoms with Crippen molar-refractivity contribution in [2.75, 3.05) is 0 Å². The zero-order chi connectivity index (χ0) is 35.2. The van der Waals surface area contributed by atoms with Crippen molar-refractivity contribution in [3.63, 3.8) is 0 Å². The molecule has 0 amide bonds. The van der Waals surface area contributed by atoms with Gasteiger partial charge in [-0.1, -0.05) is 18.2 Å². The molecular weight excluding hydrogens is 642 g/mol. The molecule has 0 aliphatic carbocycles. The predicted octanol–water partition coefficient (Wildman–Crippen LogP) is 4.57. The molecule has 230 valence electrons. The average Bonchev–Trinajstić information content (AvgIpc) is 3.88. The lowest BCUT2D eigenvalue weighted by Crippen LogP contribution is -2.22. The van der Waals surface area contributed by atoms with Crippen LogP contribution in [0.4, 0.5) is 11.4 Å². The molecule has 4 heterocycles. The second-order valence-electron chi connectivity index (χ2n) is 10.8. The first-order valence-corrected chi connectivity index (χ1v) is 14.7. The second kappa shape index (κ2) is 11.5. The Hall–Kier alpha value is -8.69. The standard InChI is InChI=1S/C37H11N13O/c1-42-25-12-29-30(13-26(25)43-2)47-35(46-29)24(17-41)37-49-33(18-7-8-32-22(9-18)21-5-3-4-6-31(21)51-32)48-36(50-37)23(16-40)34-44-27-10-19(14-38)20(15-39)11-28(27)45-34/h3-13H. The molecule has 2 aromatic heterocycles. The number of furan rings is 1. The monoisotopic (exact) mass is 653 g/mol. The number of fused-ring (bicyclic) bond motifs is 5. The topological polar surface area (TPSA) is 205 Å². The van der Waals surface area contributed by atoms with Gasteiger partial charge in [-0.25, -0.2) is 34.9 Å². The molecular formula is C37H11N13O. The first-order chi connectivity index (χ1) is 24.9. The van der Waals surface area contributed by atoms with Crippen molar-refractivity contribution in [1.29, 1.82) is 21.0 Å². The van der Waals surface area contributed by atoms with E-state index in [1.165, 1.54) is 24.3 Å². The van der Waals surface area contributed by atoms with E-state index in [1.54, 1.807) is 12.1 Å². The van der Waals surface area contributed by atoms with Crippen LogP contribution in [0.15, 0.2) is 103 Å². The van der Waals surface area contributed by atoms with Crippen LogP contribution in [0, 0.1) is 58.5 Å². The SMILES string of the molecule is [C-]#[N+]c1cc2c(cc1[N+]#[C-])=NC(=C(C#N)c1nc(C(C#N)=C3N=c4cc(C#N)c(C#N)cc4=N3)nc(-c3ccc4oc5ccccc5c4c3)n1)N=2. The summed E-state index contributed by atoms with van der Waals surface area (Å²) in [5.41, 5.74) is 1.87. The van der Waals surface area contributed by atoms with Gasteiger partial charge in [-0.05, 0) is 48.5 Å². The van der Waals surface area contributed by atoms with E-state index < -0.39 is 0 Å². The number of benzene rings is 4. The Labute approximate surface area is 285 Å². The molecule has 0 fully saturated rings. The number of para-hydroxylation sites is 1. The Morgan fingerprint density at radius 2 is 1.10 bits per heavy atom. The molecule has 2 aliphatic rings. The number of nitriles is 4. The molecule has 4 aromatic carbocycles. The van der Waals surface area contributed by atoms with E-state index in [1.807, 2.05) is 42.5 Å². The van der Waals surface area contributed by atoms with Crippen LogP contribution in [-0.2, 0) is 0 Å². The van der Waals surface area contributed by atoms with Crippen molar-refractivity contribution in [2.45, 2.75) is 0 Å². The van der Waals surface area contributed by atoms with Crippen LogP contribution in [0.1, 0.15) is 22.8 Å². The lowest BCUT2D eigenvalue weighted by atomic mass is 10.1. The summed E-state index contributed by atoms with van der Waals surface area (Å²) in [5.74, 6) is -0.368. The van der Waals surface area contributed by atoms with Gasteiger partial charge in [0.15, 0.2) is 40.5 Å². The Bertz CT molecular complexity index is 2950. The van der Waals surface area contributed by atoms with Crippen molar-refractivity contribution >= 4 is 44.5 Å². The summed E-state index contributed by atoms with van der Waals surface area (Å²) >= 11 is 0. The maximum absolute atomic E-state index is 10.4. The molecule has 0 N–H and O–H groups in total. The molecule has 14 nitrogen and oxygen atoms in total. The molecule has 0 saturated heterocycles. The van der Waals surface area contributed by atoms with E-state index in [0.29, 0.717) is 16.7 Å². The van der Waals surface area contributed by atoms with Gasteiger partial charge in [-0.2, -0.15) is 21.0 Å². The molecule has 0 spiro atoms. The highest BCUT2D eigenvalue weighted by Gasteiger charge is 2.23. The molecule has 0 saturated carbocycles. The highest BCUT2D eigenvalue weighted by atomic mass is 16.3. The molecule has 6 aromatic rings. The Morgan fingerprint density at radius 1 is 0.588 bits per heavy atom. The quantitative estimate of drug-likeness (QED) is 0.195. The lowest BCUT2D eigenvalue weighted by Gasteiger charge is -2.07. The molecule has 0 bridgehead atoms. The molecule has 0 unspecified atom stereocenters. The predicted molar refractivity (Wildman–Crippen MR) is 177 cm³/mol. The van der Waals surface area contributed by atoms with Crippen molar-refractivity contribution in [3.05, 3.63) is 145 Å². The fourth-order valence-corrected chi connectivity index (χ4v) is 5.58. The number of hydrogen-bond donors (Lipinski definition) is 0. The summed E-state index contributed by atoms with van der Waals surface area (Å²) in [4.78, 5) is 38.3. The van der Waals surface area contributed by atoms with Gasteiger partial charge in [0, 0.05) is 16.3 Å². The normalized spacial score (nSPS) is 12.0. The maximum atomic E-state index is 10.4. The van der Waals surface area contributed by atoms with Crippen molar-refractivity contribution in [2.24, 2.45) is 20.0 Å². The van der Waals surface area contributed by atoms with Crippen LogP contribution in [0.3, 0.4) is 0 Å². The third-order valence-corrected chi connectivity index (χ3v) is 7.96. The van der Waals surface area contributed by atoms with Gasteiger partial charge < -0.3 is 4.42 Å². The molecule has 0 atom stereocenters. The number of aromatic nitrogens is 3. The Morgan fingerprint density at radius 3 is 1.61 bits per heavy atom. The summed E-state index contributed by atoms with van der Waals surface area (Å²) in [6, 6.07) is 26.6. The van der Waals surface area contributed by atoms with Gasteiger partial charge in [0.05, 0.1) is 45.7 Å². The molecule has 2 aliphatic heterocycles. The fourth-order valence-electron chi connectivity index (χ4n) is 5.58. The van der Waals surface area contributed by atoms with Crippen LogP contribution in [0.2, 0.25) is 0 Å². The number of allylic oxidation sites excluding steroid dienone is 2. The van der Waals surface area contributed by atoms with E-state index in [-0.39, 0.29) is 84.2 Å². The fraction of sp³-hybridized carbons (Fsp3) is 0. The largest absolute Gasteiger partial charge is 0.456 e. The average molecular weight is 654 g/mol. The van der Waals surface area contributed by atoms with Crippen molar-refractivity contribution in [3.8, 4) is 35.7 Å². The van der Waals surface area contributed by atoms with E-state index in [4.69, 9.17) is 17.6 Å². The first kappa shape index (κ1) is 29.7. The third-order valence-electron chi connectivity index (χ3n) is 7.96. The summed E-state index contributed by atoms with van der Waals surface area (Å²) in [6.07, 6.45) is 0. The number of nitrogens with zero attached hydrogens (tertiary/aromatic N) is 13. The lowest BCUT2D eigenvalue weighted by molar-refractivity contribution is 0.669. The maximum Gasteiger partial charge on any atom is 0.196 e. The minimum atomic E-state index is -0.169. The van der Waals surface area contributed by atoms with Gasteiger partial charge in [-0.3, -0.25) is 9.69 Å². The zero-order valence-corrected chi connectivity index (χ0v) is 25.6. The first-order valence-electron chi connectivity index (χ1n) is 14.7. The van der Waals surface area contributed by atoms with Gasteiger partial charge in [-0.15, -0.1) is 0 Å². The molecule has 8 rings (SSSR count). The van der Waals surface area contributed by atoms with E-state index in [9.17, 15) is 21.0 Å². The van der Waals surface area contributed by atoms with Gasteiger partial charge in [0.1, 0.15) is 46.6 Å². The van der Waals surface area contributed by atoms with Crippen LogP contribution in [-0.4, -0.2) is 15.0 Å². The highest BCUT2D eigenvalue weighted by molar-refractivity contribution is 6.06. The van der Waals surface area contributed by atoms with Gasteiger partial charge >= 0.3 is 0 Å². The third kappa shape index (κ3) is 4.80. The van der Waals surface area contributed by atoms with Gasteiger partial charge in [0.25, 0.3) is 0 Å². The number of rotatable bonds is 3. The molecule has 51 heavy (non-hydrogen) atoms. The van der Waals surface area contributed by atoms with E-state index in [0.717, 1.165) is 10.8 Å². The van der Waals surface area contributed by atoms with Crippen LogP contribution >= 0.6 is 0 Å². The van der Waals surface area contributed by atoms with E-state index in [2.05, 4.69) is 56.8 Å². The van der Waals surface area contributed by atoms with E-state index >= 15 is 0 Å². The second-order valence-corrected chi connectivity index (χ2v) is 10.8. The van der Waals surface area contributed by atoms with Crippen LogP contribution < -0.4 is 21.4 Å². The summed E-state index contributed by atoms with van der Waals surface area (Å²) in [5, 5.41) is 42.6. The molecule has 14 heteroatoms. The Kier molecular flexibility index (Phi) is 6.71. The summed E-state index contributed by atoms with van der Waals surface area (Å²) in [6.45, 7) is 14.8. The summed E-state index contributed by atoms with van der Waals surface area (Å²) < 4.78 is 5.98. The molecule has 0 radical (unpaired) electrons.